The van der Waals surface area contributed by atoms with Crippen LogP contribution >= 0.6 is 24.0 Å². The Labute approximate surface area is 157 Å². The molecule has 0 aliphatic carbocycles. The van der Waals surface area contributed by atoms with E-state index in [4.69, 9.17) is 12.2 Å². The molecule has 25 heavy (non-hydrogen) atoms. The van der Waals surface area contributed by atoms with Crippen molar-refractivity contribution in [3.05, 3.63) is 47.0 Å². The van der Waals surface area contributed by atoms with Crippen molar-refractivity contribution >= 4 is 46.6 Å². The molecule has 0 N–H and O–H groups in total. The van der Waals surface area contributed by atoms with Crippen LogP contribution in [0.3, 0.4) is 0 Å². The van der Waals surface area contributed by atoms with Crippen molar-refractivity contribution in [3.8, 4) is 0 Å². The van der Waals surface area contributed by atoms with Crippen LogP contribution in [0.1, 0.15) is 13.8 Å². The molecule has 1 fully saturated rings. The van der Waals surface area contributed by atoms with Gasteiger partial charge in [-0.2, -0.15) is 0 Å². The van der Waals surface area contributed by atoms with Gasteiger partial charge < -0.3 is 4.90 Å². The van der Waals surface area contributed by atoms with E-state index in [2.05, 4.69) is 11.0 Å². The Morgan fingerprint density at radius 1 is 1.04 bits per heavy atom. The number of anilines is 1. The van der Waals surface area contributed by atoms with Crippen LogP contribution in [0.5, 0.6) is 0 Å². The molecule has 0 spiro atoms. The van der Waals surface area contributed by atoms with E-state index in [1.165, 1.54) is 9.80 Å². The maximum Gasteiger partial charge on any atom is 0.265 e. The van der Waals surface area contributed by atoms with Gasteiger partial charge in [-0.05, 0) is 50.4 Å². The van der Waals surface area contributed by atoms with E-state index in [0.717, 1.165) is 15.6 Å². The molecule has 0 unspecified atom stereocenters. The average Bonchev–Trinajstić information content (AvgIpc) is 2.92. The maximum atomic E-state index is 12.6. The molecule has 2 aliphatic heterocycles. The molecule has 2 heterocycles. The van der Waals surface area contributed by atoms with E-state index in [1.54, 1.807) is 17.8 Å². The Bertz CT molecular complexity index is 788. The van der Waals surface area contributed by atoms with Gasteiger partial charge in [-0.1, -0.05) is 23.9 Å². The van der Waals surface area contributed by atoms with Crippen LogP contribution in [0.4, 0.5) is 5.69 Å². The molecule has 2 aliphatic rings. The minimum absolute atomic E-state index is 0.148. The Morgan fingerprint density at radius 3 is 2.20 bits per heavy atom. The van der Waals surface area contributed by atoms with Gasteiger partial charge in [0.2, 0.25) is 0 Å². The van der Waals surface area contributed by atoms with Crippen LogP contribution < -0.4 is 4.90 Å². The molecule has 0 atom stereocenters. The van der Waals surface area contributed by atoms with Crippen molar-refractivity contribution in [2.45, 2.75) is 18.7 Å². The minimum atomic E-state index is -0.331. The van der Waals surface area contributed by atoms with Gasteiger partial charge >= 0.3 is 0 Å². The lowest BCUT2D eigenvalue weighted by Crippen LogP contribution is -2.55. The zero-order chi connectivity index (χ0) is 18.1. The van der Waals surface area contributed by atoms with Crippen molar-refractivity contribution < 1.29 is 9.59 Å². The first-order chi connectivity index (χ1) is 12.0. The number of carbonyl (C=O) groups excluding carboxylic acids is 2. The second-order valence-electron chi connectivity index (χ2n) is 5.60. The van der Waals surface area contributed by atoms with E-state index >= 15 is 0 Å². The van der Waals surface area contributed by atoms with Crippen LogP contribution in [0.2, 0.25) is 0 Å². The summed E-state index contributed by atoms with van der Waals surface area (Å²) in [4.78, 5) is 31.4. The van der Waals surface area contributed by atoms with Gasteiger partial charge in [-0.15, -0.1) is 0 Å². The molecular formula is C18H19N3O2S2. The zero-order valence-electron chi connectivity index (χ0n) is 14.4. The second kappa shape index (κ2) is 7.01. The molecule has 1 aromatic rings. The lowest BCUT2D eigenvalue weighted by atomic mass is 10.1. The van der Waals surface area contributed by atoms with Crippen molar-refractivity contribution in [2.75, 3.05) is 25.0 Å². The molecule has 0 bridgehead atoms. The highest BCUT2D eigenvalue weighted by Crippen LogP contribution is 2.44. The van der Waals surface area contributed by atoms with Crippen LogP contribution in [-0.4, -0.2) is 46.9 Å². The normalized spacial score (nSPS) is 19.2. The summed E-state index contributed by atoms with van der Waals surface area (Å²) in [5, 5.41) is 1.25. The van der Waals surface area contributed by atoms with Gasteiger partial charge in [0, 0.05) is 25.0 Å². The molecule has 1 aromatic carbocycles. The van der Waals surface area contributed by atoms with E-state index < -0.39 is 0 Å². The molecule has 1 saturated heterocycles. The fourth-order valence-electron chi connectivity index (χ4n) is 2.82. The molecule has 130 valence electrons. The summed E-state index contributed by atoms with van der Waals surface area (Å²) < 4.78 is 0. The van der Waals surface area contributed by atoms with Crippen molar-refractivity contribution in [3.63, 3.8) is 0 Å². The number of likely N-dealkylation sites (N-methyl/N-ethyl adjacent to an activating group) is 2. The first kappa shape index (κ1) is 17.7. The van der Waals surface area contributed by atoms with Gasteiger partial charge in [0.1, 0.15) is 5.57 Å². The first-order valence-corrected chi connectivity index (χ1v) is 9.32. The molecular weight excluding hydrogens is 354 g/mol. The summed E-state index contributed by atoms with van der Waals surface area (Å²) in [6.45, 7) is 4.58. The number of para-hydroxylation sites is 1. The number of thioether (sulfide) groups is 1. The fraction of sp³-hybridized carbons (Fsp3) is 0.278. The third-order valence-electron chi connectivity index (χ3n) is 4.21. The average molecular weight is 374 g/mol. The highest BCUT2D eigenvalue weighted by Gasteiger charge is 2.37. The van der Waals surface area contributed by atoms with E-state index in [9.17, 15) is 9.59 Å². The Morgan fingerprint density at radius 2 is 1.64 bits per heavy atom. The summed E-state index contributed by atoms with van der Waals surface area (Å²) in [5.74, 6) is -0.663. The molecule has 0 aromatic heterocycles. The van der Waals surface area contributed by atoms with Crippen molar-refractivity contribution in [2.24, 2.45) is 0 Å². The summed E-state index contributed by atoms with van der Waals surface area (Å²) in [6, 6.07) is 8.08. The van der Waals surface area contributed by atoms with Gasteiger partial charge in [0.05, 0.1) is 10.7 Å². The van der Waals surface area contributed by atoms with Gasteiger partial charge in [-0.3, -0.25) is 19.4 Å². The number of benzene rings is 1. The number of hydrogen-bond acceptors (Lipinski definition) is 5. The van der Waals surface area contributed by atoms with Crippen LogP contribution in [-0.2, 0) is 9.59 Å². The number of allylic oxidation sites excluding steroid dienone is 2. The van der Waals surface area contributed by atoms with Crippen LogP contribution in [0.15, 0.2) is 51.9 Å². The fourth-order valence-corrected chi connectivity index (χ4v) is 4.30. The summed E-state index contributed by atoms with van der Waals surface area (Å²) >= 11 is 6.88. The Kier molecular flexibility index (Phi) is 4.96. The van der Waals surface area contributed by atoms with Gasteiger partial charge in [0.25, 0.3) is 11.8 Å². The number of amides is 2. The topological polar surface area (TPSA) is 43.9 Å². The lowest BCUT2D eigenvalue weighted by molar-refractivity contribution is -0.133. The zero-order valence-corrected chi connectivity index (χ0v) is 16.0. The number of thiocarbonyl (C=S) groups is 1. The van der Waals surface area contributed by atoms with E-state index in [0.29, 0.717) is 13.1 Å². The Balaban J connectivity index is 1.94. The summed E-state index contributed by atoms with van der Waals surface area (Å²) in [6.07, 6.45) is 3.44. The molecule has 0 saturated carbocycles. The predicted octanol–water partition coefficient (Wildman–Crippen LogP) is 2.99. The standard InChI is InChI=1S/C18H19N3O2S2/c1-4-20-16(22)12(17(23)21(5-2)18(20)24)10-11-15-19(3)13-8-6-7-9-14(13)25-15/h6-11H,4-5H2,1-3H3. The molecule has 0 radical (unpaired) electrons. The highest BCUT2D eigenvalue weighted by atomic mass is 32.2. The second-order valence-corrected chi connectivity index (χ2v) is 7.02. The highest BCUT2D eigenvalue weighted by molar-refractivity contribution is 8.03. The van der Waals surface area contributed by atoms with Crippen LogP contribution in [0.25, 0.3) is 0 Å². The quantitative estimate of drug-likeness (QED) is 0.463. The van der Waals surface area contributed by atoms with Crippen molar-refractivity contribution in [1.82, 2.24) is 9.80 Å². The van der Waals surface area contributed by atoms with Crippen LogP contribution in [0, 0.1) is 0 Å². The number of fused-ring (bicyclic) bond motifs is 1. The van der Waals surface area contributed by atoms with Gasteiger partial charge in [-0.25, -0.2) is 0 Å². The Hall–Kier alpha value is -2.12. The van der Waals surface area contributed by atoms with Gasteiger partial charge in [0.15, 0.2) is 5.11 Å². The molecule has 7 heteroatoms. The molecule has 3 rings (SSSR count). The predicted molar refractivity (Wildman–Crippen MR) is 104 cm³/mol. The van der Waals surface area contributed by atoms with Crippen molar-refractivity contribution in [1.29, 1.82) is 0 Å². The number of carbonyl (C=O) groups is 2. The molecule has 5 nitrogen and oxygen atoms in total. The largest absolute Gasteiger partial charge is 0.338 e. The first-order valence-electron chi connectivity index (χ1n) is 8.09. The van der Waals surface area contributed by atoms with E-state index in [1.807, 2.05) is 45.2 Å². The SMILES string of the molecule is CCN1C(=O)C(=CC=C2Sc3ccccc3N2C)C(=O)N(CC)C1=S. The summed E-state index contributed by atoms with van der Waals surface area (Å²) in [7, 11) is 1.97. The van der Waals surface area contributed by atoms with E-state index in [-0.39, 0.29) is 22.5 Å². The third-order valence-corrected chi connectivity index (χ3v) is 5.83. The monoisotopic (exact) mass is 373 g/mol. The number of nitrogens with zero attached hydrogens (tertiary/aromatic N) is 3. The lowest BCUT2D eigenvalue weighted by Gasteiger charge is -2.35. The third kappa shape index (κ3) is 2.98. The smallest absolute Gasteiger partial charge is 0.265 e. The minimum Gasteiger partial charge on any atom is -0.338 e. The molecule has 2 amide bonds. The number of rotatable bonds is 3. The number of hydrogen-bond donors (Lipinski definition) is 0. The summed E-state index contributed by atoms with van der Waals surface area (Å²) in [5.41, 5.74) is 1.26. The maximum absolute atomic E-state index is 12.6.